The molecule has 1 unspecified atom stereocenters. The molecule has 370 valence electrons. The number of H-pyrrole nitrogens is 2. The van der Waals surface area contributed by atoms with Gasteiger partial charge in [0, 0.05) is 74.9 Å². The number of nitrogens with zero attached hydrogens (tertiary/aromatic N) is 4. The molecule has 6 amide bonds. The molecule has 2 aromatic carbocycles. The van der Waals surface area contributed by atoms with E-state index >= 15 is 8.78 Å². The van der Waals surface area contributed by atoms with E-state index in [1.165, 1.54) is 34.1 Å². The molecule has 2 aliphatic heterocycles. The van der Waals surface area contributed by atoms with Crippen molar-refractivity contribution in [3.63, 3.8) is 0 Å². The SMILES string of the molecule is CCC(NC(=O)[C@H](C)NC)C(=O)N1C[C@@H](OC(=O)N(C)C)C[C@H]1Cc1c(-c2[nH]c3cc(F)ccc3c2C[C@@H]2C[C@H](OC(=O)N(C)C)CN2C(=O)[C@H](CC)NC(=O)[C@H](C)NC)[nH]c2cc(F)ccc12. The number of likely N-dealkylation sites (tertiary alicyclic amines) is 2. The molecule has 6 rings (SSSR count). The number of amides is 6. The number of hydrogen-bond donors (Lipinski definition) is 6. The molecule has 0 spiro atoms. The van der Waals surface area contributed by atoms with Crippen LogP contribution >= 0.6 is 0 Å². The minimum Gasteiger partial charge on any atom is -0.444 e. The lowest BCUT2D eigenvalue weighted by Gasteiger charge is -2.30. The molecule has 0 radical (unpaired) electrons. The Balaban J connectivity index is 1.46. The fraction of sp³-hybridized carbons (Fsp3) is 0.542. The van der Waals surface area contributed by atoms with Crippen molar-refractivity contribution in [2.75, 3.05) is 55.4 Å². The number of hydrogen-bond acceptors (Lipinski definition) is 10. The number of halogens is 2. The van der Waals surface area contributed by atoms with Crippen molar-refractivity contribution >= 4 is 57.6 Å². The highest BCUT2D eigenvalue weighted by molar-refractivity contribution is 5.97. The van der Waals surface area contributed by atoms with Gasteiger partial charge in [-0.1, -0.05) is 13.8 Å². The fourth-order valence-corrected chi connectivity index (χ4v) is 9.05. The van der Waals surface area contributed by atoms with Crippen LogP contribution < -0.4 is 21.3 Å². The van der Waals surface area contributed by atoms with Crippen LogP contribution in [-0.2, 0) is 41.5 Å². The number of aromatic nitrogens is 2. The normalized spacial score (nSPS) is 19.9. The van der Waals surface area contributed by atoms with Gasteiger partial charge in [-0.15, -0.1) is 0 Å². The lowest BCUT2D eigenvalue weighted by molar-refractivity contribution is -0.138. The zero-order valence-electron chi connectivity index (χ0n) is 40.6. The second kappa shape index (κ2) is 21.8. The third kappa shape index (κ3) is 11.2. The Bertz CT molecular complexity index is 2340. The van der Waals surface area contributed by atoms with Crippen LogP contribution in [0, 0.1) is 11.6 Å². The van der Waals surface area contributed by atoms with Crippen molar-refractivity contribution in [2.45, 2.75) is 115 Å². The Morgan fingerprint density at radius 3 is 1.35 bits per heavy atom. The van der Waals surface area contributed by atoms with Gasteiger partial charge in [0.1, 0.15) is 35.9 Å². The third-order valence-corrected chi connectivity index (χ3v) is 13.1. The van der Waals surface area contributed by atoms with E-state index < -0.39 is 72.3 Å². The van der Waals surface area contributed by atoms with E-state index in [1.54, 1.807) is 91.9 Å². The van der Waals surface area contributed by atoms with Crippen molar-refractivity contribution in [2.24, 2.45) is 0 Å². The highest BCUT2D eigenvalue weighted by Gasteiger charge is 2.43. The largest absolute Gasteiger partial charge is 0.444 e. The van der Waals surface area contributed by atoms with Crippen LogP contribution in [0.2, 0.25) is 0 Å². The minimum atomic E-state index is -0.888. The van der Waals surface area contributed by atoms with Gasteiger partial charge in [-0.2, -0.15) is 0 Å². The van der Waals surface area contributed by atoms with Crippen LogP contribution in [-0.4, -0.2) is 169 Å². The van der Waals surface area contributed by atoms with Crippen LogP contribution in [0.3, 0.4) is 0 Å². The number of benzene rings is 2. The third-order valence-electron chi connectivity index (χ3n) is 13.1. The summed E-state index contributed by atoms with van der Waals surface area (Å²) in [4.78, 5) is 93.6. The van der Waals surface area contributed by atoms with Crippen LogP contribution in [0.5, 0.6) is 0 Å². The first kappa shape index (κ1) is 51.1. The van der Waals surface area contributed by atoms with Crippen molar-refractivity contribution in [3.05, 3.63) is 59.2 Å². The smallest absolute Gasteiger partial charge is 0.409 e. The van der Waals surface area contributed by atoms with Crippen molar-refractivity contribution in [3.8, 4) is 11.4 Å². The molecule has 2 fully saturated rings. The van der Waals surface area contributed by atoms with Crippen LogP contribution in [0.4, 0.5) is 18.4 Å². The first-order valence-electron chi connectivity index (χ1n) is 23.2. The van der Waals surface area contributed by atoms with Gasteiger partial charge in [0.05, 0.1) is 36.6 Å². The molecule has 20 heteroatoms. The molecule has 2 aliphatic rings. The molecule has 2 saturated heterocycles. The standard InChI is InChI=1S/C48H66F2N10O8/c1-11-37(55-43(61)25(3)51-5)45(63)59-23-31(67-47(65)57(7)8)19-29(59)21-35-33-15-13-27(49)17-39(33)53-41(35)42-36(34-16-14-28(50)18-40(34)54-42)22-30-20-32(68-48(66)58(9)10)24-60(30)46(64)38(12-2)56-44(62)26(4)52-6/h13-18,25-26,29-32,37-38,51-54H,11-12,19-24H2,1-10H3,(H,55,61)(H,56,62)/t25-,26-,29-,30-,31-,32-,37-,38?/m0/s1. The van der Waals surface area contributed by atoms with E-state index in [-0.39, 0.29) is 75.2 Å². The molecular weight excluding hydrogens is 883 g/mol. The Kier molecular flexibility index (Phi) is 16.4. The summed E-state index contributed by atoms with van der Waals surface area (Å²) >= 11 is 0. The maximum atomic E-state index is 15.1. The van der Waals surface area contributed by atoms with E-state index in [2.05, 4.69) is 31.2 Å². The molecule has 0 bridgehead atoms. The molecule has 68 heavy (non-hydrogen) atoms. The predicted molar refractivity (Wildman–Crippen MR) is 253 cm³/mol. The van der Waals surface area contributed by atoms with Gasteiger partial charge in [0.2, 0.25) is 23.6 Å². The second-order valence-corrected chi connectivity index (χ2v) is 18.3. The molecular formula is C48H66F2N10O8. The van der Waals surface area contributed by atoms with Gasteiger partial charge in [-0.3, -0.25) is 19.2 Å². The van der Waals surface area contributed by atoms with Crippen LogP contribution in [0.15, 0.2) is 36.4 Å². The highest BCUT2D eigenvalue weighted by Crippen LogP contribution is 2.40. The second-order valence-electron chi connectivity index (χ2n) is 18.3. The van der Waals surface area contributed by atoms with E-state index in [1.807, 2.05) is 0 Å². The Labute approximate surface area is 395 Å². The molecule has 6 N–H and O–H groups in total. The summed E-state index contributed by atoms with van der Waals surface area (Å²) in [5.74, 6) is -2.42. The monoisotopic (exact) mass is 949 g/mol. The highest BCUT2D eigenvalue weighted by atomic mass is 19.1. The quantitative estimate of drug-likeness (QED) is 0.0895. The van der Waals surface area contributed by atoms with Gasteiger partial charge in [0.25, 0.3) is 0 Å². The van der Waals surface area contributed by atoms with E-state index in [0.717, 1.165) is 0 Å². The van der Waals surface area contributed by atoms with Crippen LogP contribution in [0.1, 0.15) is 64.5 Å². The minimum absolute atomic E-state index is 0.0540. The Morgan fingerprint density at radius 2 is 1.03 bits per heavy atom. The summed E-state index contributed by atoms with van der Waals surface area (Å²) in [5, 5.41) is 12.8. The predicted octanol–water partition coefficient (Wildman–Crippen LogP) is 4.02. The first-order valence-corrected chi connectivity index (χ1v) is 23.2. The number of carbonyl (C=O) groups is 6. The molecule has 4 heterocycles. The fourth-order valence-electron chi connectivity index (χ4n) is 9.05. The molecule has 2 aromatic heterocycles. The Hall–Kier alpha value is -6.28. The topological polar surface area (TPSA) is 214 Å². The maximum absolute atomic E-state index is 15.1. The number of carbonyl (C=O) groups excluding carboxylic acids is 6. The van der Waals surface area contributed by atoms with Crippen molar-refractivity contribution in [1.29, 1.82) is 0 Å². The molecule has 0 aliphatic carbocycles. The summed E-state index contributed by atoms with van der Waals surface area (Å²) in [6.45, 7) is 7.07. The summed E-state index contributed by atoms with van der Waals surface area (Å²) in [7, 11) is 9.54. The number of nitrogens with one attached hydrogen (secondary N) is 6. The average molecular weight is 949 g/mol. The van der Waals surface area contributed by atoms with Gasteiger partial charge in [-0.25, -0.2) is 18.4 Å². The summed E-state index contributed by atoms with van der Waals surface area (Å²) in [6, 6.07) is 4.64. The van der Waals surface area contributed by atoms with Crippen molar-refractivity contribution < 1.29 is 47.0 Å². The van der Waals surface area contributed by atoms with Gasteiger partial charge >= 0.3 is 12.2 Å². The number of rotatable bonds is 17. The molecule has 4 aromatic rings. The van der Waals surface area contributed by atoms with Gasteiger partial charge < -0.3 is 60.3 Å². The zero-order chi connectivity index (χ0) is 49.7. The van der Waals surface area contributed by atoms with E-state index in [0.29, 0.717) is 44.3 Å². The lowest BCUT2D eigenvalue weighted by Crippen LogP contribution is -2.53. The molecule has 8 atom stereocenters. The lowest BCUT2D eigenvalue weighted by atomic mass is 9.94. The van der Waals surface area contributed by atoms with Crippen molar-refractivity contribution in [1.82, 2.24) is 50.8 Å². The zero-order valence-corrected chi connectivity index (χ0v) is 40.6. The number of likely N-dealkylation sites (N-methyl/N-ethyl adjacent to an activating group) is 2. The maximum Gasteiger partial charge on any atom is 0.409 e. The number of aromatic amines is 2. The Morgan fingerprint density at radius 1 is 0.662 bits per heavy atom. The van der Waals surface area contributed by atoms with Gasteiger partial charge in [0.15, 0.2) is 0 Å². The first-order chi connectivity index (χ1) is 32.3. The number of fused-ring (bicyclic) bond motifs is 2. The van der Waals surface area contributed by atoms with E-state index in [4.69, 9.17) is 9.47 Å². The molecule has 18 nitrogen and oxygen atoms in total. The summed E-state index contributed by atoms with van der Waals surface area (Å²) < 4.78 is 41.9. The van der Waals surface area contributed by atoms with Gasteiger partial charge in [-0.05, 0) is 101 Å². The average Bonchev–Trinajstić information content (AvgIpc) is 4.08. The number of ether oxygens (including phenoxy) is 2. The van der Waals surface area contributed by atoms with E-state index in [9.17, 15) is 28.8 Å². The van der Waals surface area contributed by atoms with Crippen LogP contribution in [0.25, 0.3) is 33.2 Å². The molecule has 0 saturated carbocycles. The summed E-state index contributed by atoms with van der Waals surface area (Å²) in [6.07, 6.45) is -1.12. The summed E-state index contributed by atoms with van der Waals surface area (Å²) in [5.41, 5.74) is 3.30.